The van der Waals surface area contributed by atoms with E-state index in [0.717, 1.165) is 18.5 Å². The number of H-pyrrole nitrogens is 1. The Labute approximate surface area is 132 Å². The highest BCUT2D eigenvalue weighted by molar-refractivity contribution is 6.04. The Kier molecular flexibility index (Phi) is 3.41. The van der Waals surface area contributed by atoms with Crippen molar-refractivity contribution in [3.8, 4) is 0 Å². The molecule has 5 nitrogen and oxygen atoms in total. The Balaban J connectivity index is 1.79. The standard InChI is InChI=1S/C17H19FN4O/c1-2-21-7-3-4-12(21)9-22-10-19-15-13-8-11(18)5-6-14(13)20-16(15)17(22)23/h5-6,8,10,12,20H,2-4,7,9H2,1H3/p+1/t12-/m1/s1. The number of halogens is 1. The molecule has 2 N–H and O–H groups in total. The molecule has 23 heavy (non-hydrogen) atoms. The number of nitrogens with zero attached hydrogens (tertiary/aromatic N) is 2. The minimum absolute atomic E-state index is 0.0750. The predicted octanol–water partition coefficient (Wildman–Crippen LogP) is 1.08. The summed E-state index contributed by atoms with van der Waals surface area (Å²) in [6, 6.07) is 4.93. The fourth-order valence-corrected chi connectivity index (χ4v) is 3.80. The number of hydrogen-bond donors (Lipinski definition) is 2. The zero-order valence-corrected chi connectivity index (χ0v) is 13.1. The summed E-state index contributed by atoms with van der Waals surface area (Å²) in [4.78, 5) is 21.8. The molecule has 0 radical (unpaired) electrons. The van der Waals surface area contributed by atoms with E-state index in [1.54, 1.807) is 21.9 Å². The van der Waals surface area contributed by atoms with E-state index in [-0.39, 0.29) is 11.4 Å². The summed E-state index contributed by atoms with van der Waals surface area (Å²) >= 11 is 0. The highest BCUT2D eigenvalue weighted by atomic mass is 19.1. The smallest absolute Gasteiger partial charge is 0.277 e. The Hall–Kier alpha value is -2.21. The summed E-state index contributed by atoms with van der Waals surface area (Å²) < 4.78 is 15.1. The molecule has 1 saturated heterocycles. The SMILES string of the molecule is CC[NH+]1CCC[C@@H]1Cn1cnc2c([nH]c3ccc(F)cc32)c1=O. The zero-order chi connectivity index (χ0) is 16.0. The molecular weight excluding hydrogens is 295 g/mol. The van der Waals surface area contributed by atoms with Gasteiger partial charge in [-0.15, -0.1) is 0 Å². The summed E-state index contributed by atoms with van der Waals surface area (Å²) in [6.07, 6.45) is 3.96. The lowest BCUT2D eigenvalue weighted by molar-refractivity contribution is -0.911. The minimum atomic E-state index is -0.322. The number of hydrogen-bond acceptors (Lipinski definition) is 2. The van der Waals surface area contributed by atoms with Gasteiger partial charge in [0.05, 0.1) is 26.0 Å². The van der Waals surface area contributed by atoms with Gasteiger partial charge in [-0.2, -0.15) is 0 Å². The van der Waals surface area contributed by atoms with Crippen molar-refractivity contribution in [2.24, 2.45) is 0 Å². The van der Waals surface area contributed by atoms with Gasteiger partial charge >= 0.3 is 0 Å². The van der Waals surface area contributed by atoms with E-state index in [9.17, 15) is 9.18 Å². The summed E-state index contributed by atoms with van der Waals surface area (Å²) in [5.41, 5.74) is 1.68. The van der Waals surface area contributed by atoms with E-state index >= 15 is 0 Å². The first-order valence-corrected chi connectivity index (χ1v) is 8.18. The molecule has 0 amide bonds. The normalized spacial score (nSPS) is 21.5. The molecule has 0 spiro atoms. The Morgan fingerprint density at radius 1 is 1.48 bits per heavy atom. The third-order valence-corrected chi connectivity index (χ3v) is 5.03. The van der Waals surface area contributed by atoms with E-state index in [0.29, 0.717) is 29.0 Å². The average molecular weight is 315 g/mol. The van der Waals surface area contributed by atoms with Crippen LogP contribution in [0.3, 0.4) is 0 Å². The summed E-state index contributed by atoms with van der Waals surface area (Å²) in [5, 5.41) is 0.658. The van der Waals surface area contributed by atoms with Crippen LogP contribution in [-0.4, -0.2) is 33.7 Å². The fraction of sp³-hybridized carbons (Fsp3) is 0.412. The van der Waals surface area contributed by atoms with Crippen LogP contribution in [0.5, 0.6) is 0 Å². The third kappa shape index (κ3) is 2.34. The maximum atomic E-state index is 13.4. The van der Waals surface area contributed by atoms with Gasteiger partial charge in [0.2, 0.25) is 0 Å². The Bertz CT molecular complexity index is 929. The van der Waals surface area contributed by atoms with E-state index in [2.05, 4.69) is 16.9 Å². The number of nitrogens with one attached hydrogen (secondary N) is 2. The lowest BCUT2D eigenvalue weighted by Crippen LogP contribution is -3.13. The van der Waals surface area contributed by atoms with Crippen molar-refractivity contribution in [1.29, 1.82) is 0 Å². The summed E-state index contributed by atoms with van der Waals surface area (Å²) in [5.74, 6) is -0.322. The highest BCUT2D eigenvalue weighted by Crippen LogP contribution is 2.22. The largest absolute Gasteiger partial charge is 0.349 e. The van der Waals surface area contributed by atoms with Gasteiger partial charge in [-0.05, 0) is 25.1 Å². The van der Waals surface area contributed by atoms with E-state index in [1.165, 1.54) is 25.1 Å². The molecule has 0 saturated carbocycles. The van der Waals surface area contributed by atoms with Crippen molar-refractivity contribution in [2.45, 2.75) is 32.4 Å². The molecule has 120 valence electrons. The quantitative estimate of drug-likeness (QED) is 0.760. The van der Waals surface area contributed by atoms with Gasteiger partial charge in [0.15, 0.2) is 0 Å². The number of rotatable bonds is 3. The van der Waals surface area contributed by atoms with Crippen molar-refractivity contribution in [2.75, 3.05) is 13.1 Å². The van der Waals surface area contributed by atoms with Crippen molar-refractivity contribution >= 4 is 21.9 Å². The monoisotopic (exact) mass is 315 g/mol. The van der Waals surface area contributed by atoms with Gasteiger partial charge in [-0.3, -0.25) is 9.36 Å². The molecule has 1 fully saturated rings. The van der Waals surface area contributed by atoms with Crippen LogP contribution in [0.25, 0.3) is 21.9 Å². The van der Waals surface area contributed by atoms with Crippen LogP contribution < -0.4 is 10.5 Å². The van der Waals surface area contributed by atoms with Gasteiger partial charge in [0, 0.05) is 23.7 Å². The third-order valence-electron chi connectivity index (χ3n) is 5.03. The predicted molar refractivity (Wildman–Crippen MR) is 87.2 cm³/mol. The molecule has 1 aliphatic heterocycles. The van der Waals surface area contributed by atoms with Crippen LogP contribution in [0.15, 0.2) is 29.3 Å². The molecule has 4 rings (SSSR count). The molecule has 2 atom stereocenters. The first-order valence-electron chi connectivity index (χ1n) is 8.18. The van der Waals surface area contributed by atoms with Crippen LogP contribution in [0.4, 0.5) is 4.39 Å². The van der Waals surface area contributed by atoms with Gasteiger partial charge in [0.25, 0.3) is 5.56 Å². The van der Waals surface area contributed by atoms with Gasteiger partial charge in [0.1, 0.15) is 22.9 Å². The van der Waals surface area contributed by atoms with Gasteiger partial charge in [-0.1, -0.05) is 0 Å². The maximum absolute atomic E-state index is 13.4. The van der Waals surface area contributed by atoms with Crippen molar-refractivity contribution in [1.82, 2.24) is 14.5 Å². The van der Waals surface area contributed by atoms with E-state index in [4.69, 9.17) is 0 Å². The van der Waals surface area contributed by atoms with Crippen LogP contribution in [0.1, 0.15) is 19.8 Å². The lowest BCUT2D eigenvalue weighted by Gasteiger charge is -2.20. The molecule has 3 heterocycles. The second-order valence-corrected chi connectivity index (χ2v) is 6.34. The van der Waals surface area contributed by atoms with Crippen LogP contribution in [0.2, 0.25) is 0 Å². The molecule has 1 aliphatic rings. The van der Waals surface area contributed by atoms with Crippen molar-refractivity contribution in [3.05, 3.63) is 40.7 Å². The lowest BCUT2D eigenvalue weighted by atomic mass is 10.2. The first kappa shape index (κ1) is 14.4. The molecule has 1 unspecified atom stereocenters. The van der Waals surface area contributed by atoms with E-state index in [1.807, 2.05) is 0 Å². The number of likely N-dealkylation sites (N-methyl/N-ethyl adjacent to an activating group) is 1. The first-order chi connectivity index (χ1) is 11.2. The number of aromatic amines is 1. The number of quaternary nitrogens is 1. The molecule has 0 bridgehead atoms. The van der Waals surface area contributed by atoms with Gasteiger partial charge in [-0.25, -0.2) is 9.37 Å². The zero-order valence-electron chi connectivity index (χ0n) is 13.1. The second kappa shape index (κ2) is 5.45. The van der Waals surface area contributed by atoms with Crippen molar-refractivity contribution < 1.29 is 9.29 Å². The molecule has 1 aromatic carbocycles. The van der Waals surface area contributed by atoms with E-state index < -0.39 is 0 Å². The van der Waals surface area contributed by atoms with Crippen LogP contribution >= 0.6 is 0 Å². The second-order valence-electron chi connectivity index (χ2n) is 6.34. The Morgan fingerprint density at radius 2 is 2.35 bits per heavy atom. The highest BCUT2D eigenvalue weighted by Gasteiger charge is 2.27. The maximum Gasteiger partial charge on any atom is 0.277 e. The average Bonchev–Trinajstić information content (AvgIpc) is 3.14. The minimum Gasteiger partial charge on any atom is -0.349 e. The number of benzene rings is 1. The Morgan fingerprint density at radius 3 is 3.17 bits per heavy atom. The number of likely N-dealkylation sites (tertiary alicyclic amines) is 1. The van der Waals surface area contributed by atoms with Crippen molar-refractivity contribution in [3.63, 3.8) is 0 Å². The topological polar surface area (TPSA) is 55.1 Å². The number of aromatic nitrogens is 3. The summed E-state index contributed by atoms with van der Waals surface area (Å²) in [7, 11) is 0. The van der Waals surface area contributed by atoms with Gasteiger partial charge < -0.3 is 9.88 Å². The number of fused-ring (bicyclic) bond motifs is 3. The van der Waals surface area contributed by atoms with Crippen LogP contribution in [0, 0.1) is 5.82 Å². The fourth-order valence-electron chi connectivity index (χ4n) is 3.80. The molecule has 0 aliphatic carbocycles. The summed E-state index contributed by atoms with van der Waals surface area (Å²) in [6.45, 7) is 5.14. The molecular formula is C17H20FN4O+. The molecule has 3 aromatic rings. The molecule has 2 aromatic heterocycles. The molecule has 6 heteroatoms. The van der Waals surface area contributed by atoms with Crippen LogP contribution in [-0.2, 0) is 6.54 Å².